The number of hydrogen-bond donors (Lipinski definition) is 1. The first-order chi connectivity index (χ1) is 8.97. The minimum atomic E-state index is -1.08. The van der Waals surface area contributed by atoms with Crippen LogP contribution in [0.3, 0.4) is 0 Å². The molecule has 2 aromatic heterocycles. The first kappa shape index (κ1) is 13.0. The van der Waals surface area contributed by atoms with Gasteiger partial charge in [-0.3, -0.25) is 14.8 Å². The second-order valence-corrected chi connectivity index (χ2v) is 4.55. The molecule has 98 valence electrons. The van der Waals surface area contributed by atoms with E-state index in [0.717, 1.165) is 11.8 Å². The second-order valence-electron chi connectivity index (χ2n) is 3.54. The van der Waals surface area contributed by atoms with Crippen LogP contribution in [0.15, 0.2) is 34.6 Å². The molecule has 0 aliphatic rings. The lowest BCUT2D eigenvalue weighted by atomic mass is 10.3. The van der Waals surface area contributed by atoms with Crippen LogP contribution in [0.25, 0.3) is 0 Å². The fourth-order valence-electron chi connectivity index (χ4n) is 1.35. The highest BCUT2D eigenvalue weighted by Crippen LogP contribution is 2.32. The van der Waals surface area contributed by atoms with Crippen LogP contribution in [0.2, 0.25) is 0 Å². The zero-order valence-electron chi connectivity index (χ0n) is 9.68. The predicted octanol–water partition coefficient (Wildman–Crippen LogP) is 1.57. The molecule has 0 radical (unpaired) electrons. The molecule has 0 spiro atoms. The van der Waals surface area contributed by atoms with Crippen molar-refractivity contribution in [2.75, 3.05) is 0 Å². The van der Waals surface area contributed by atoms with Crippen molar-refractivity contribution < 1.29 is 14.8 Å². The van der Waals surface area contributed by atoms with E-state index in [1.54, 1.807) is 7.05 Å². The Hall–Kier alpha value is -2.42. The number of aromatic nitrogens is 3. The molecule has 19 heavy (non-hydrogen) atoms. The van der Waals surface area contributed by atoms with Crippen LogP contribution >= 0.6 is 11.8 Å². The summed E-state index contributed by atoms with van der Waals surface area (Å²) in [5, 5.41) is 24.1. The Morgan fingerprint density at radius 2 is 2.32 bits per heavy atom. The van der Waals surface area contributed by atoms with Crippen molar-refractivity contribution in [2.24, 2.45) is 7.05 Å². The van der Waals surface area contributed by atoms with E-state index in [9.17, 15) is 14.9 Å². The maximum absolute atomic E-state index is 10.8. The van der Waals surface area contributed by atoms with Gasteiger partial charge in [0.25, 0.3) is 0 Å². The van der Waals surface area contributed by atoms with Crippen LogP contribution in [-0.2, 0) is 7.05 Å². The average molecular weight is 280 g/mol. The Morgan fingerprint density at radius 3 is 2.95 bits per heavy atom. The number of nitro groups is 1. The zero-order valence-corrected chi connectivity index (χ0v) is 10.5. The van der Waals surface area contributed by atoms with Crippen LogP contribution in [0.1, 0.15) is 10.4 Å². The first-order valence-corrected chi connectivity index (χ1v) is 5.84. The standard InChI is InChI=1S/C10H8N4O4S/c1-13-5-7(14(17)18)9(12-13)19-8-4-6(10(15)16)2-3-11-8/h2-5H,1H3,(H,15,16). The van der Waals surface area contributed by atoms with Crippen molar-refractivity contribution in [1.82, 2.24) is 14.8 Å². The monoisotopic (exact) mass is 280 g/mol. The summed E-state index contributed by atoms with van der Waals surface area (Å²) in [6.07, 6.45) is 2.62. The molecule has 0 aliphatic carbocycles. The highest BCUT2D eigenvalue weighted by Gasteiger charge is 2.20. The van der Waals surface area contributed by atoms with Gasteiger partial charge >= 0.3 is 11.7 Å². The summed E-state index contributed by atoms with van der Waals surface area (Å²) in [6.45, 7) is 0. The maximum atomic E-state index is 10.8. The molecule has 9 heteroatoms. The number of carboxylic acid groups (broad SMARTS) is 1. The third-order valence-electron chi connectivity index (χ3n) is 2.16. The largest absolute Gasteiger partial charge is 0.478 e. The van der Waals surface area contributed by atoms with Gasteiger partial charge in [0.15, 0.2) is 0 Å². The smallest absolute Gasteiger partial charge is 0.335 e. The Kier molecular flexibility index (Phi) is 3.47. The molecule has 0 unspecified atom stereocenters. The van der Waals surface area contributed by atoms with Crippen molar-refractivity contribution in [3.8, 4) is 0 Å². The van der Waals surface area contributed by atoms with E-state index in [-0.39, 0.29) is 16.3 Å². The summed E-state index contributed by atoms with van der Waals surface area (Å²) in [7, 11) is 1.57. The van der Waals surface area contributed by atoms with Crippen LogP contribution in [-0.4, -0.2) is 30.8 Å². The van der Waals surface area contributed by atoms with Gasteiger partial charge in [0, 0.05) is 13.2 Å². The summed E-state index contributed by atoms with van der Waals surface area (Å²) in [6, 6.07) is 2.69. The maximum Gasteiger partial charge on any atom is 0.335 e. The molecule has 0 amide bonds. The normalized spacial score (nSPS) is 10.4. The molecule has 8 nitrogen and oxygen atoms in total. The van der Waals surface area contributed by atoms with Crippen molar-refractivity contribution in [3.05, 3.63) is 40.2 Å². The summed E-state index contributed by atoms with van der Waals surface area (Å²) in [5.74, 6) is -1.08. The number of nitrogens with zero attached hydrogens (tertiary/aromatic N) is 4. The fourth-order valence-corrected chi connectivity index (χ4v) is 2.25. The van der Waals surface area contributed by atoms with Gasteiger partial charge in [0.05, 0.1) is 10.5 Å². The summed E-state index contributed by atoms with van der Waals surface area (Å²) < 4.78 is 1.32. The van der Waals surface area contributed by atoms with E-state index < -0.39 is 10.9 Å². The lowest BCUT2D eigenvalue weighted by Gasteiger charge is -1.98. The molecule has 0 bridgehead atoms. The fraction of sp³-hybridized carbons (Fsp3) is 0.100. The molecule has 2 heterocycles. The summed E-state index contributed by atoms with van der Waals surface area (Å²) in [5.41, 5.74) is -0.0777. The molecule has 0 fully saturated rings. The number of aryl methyl sites for hydroxylation is 1. The van der Waals surface area contributed by atoms with Gasteiger partial charge in [-0.2, -0.15) is 5.10 Å². The van der Waals surface area contributed by atoms with Gasteiger partial charge in [-0.1, -0.05) is 0 Å². The molecular weight excluding hydrogens is 272 g/mol. The van der Waals surface area contributed by atoms with E-state index in [1.165, 1.54) is 29.2 Å². The van der Waals surface area contributed by atoms with Crippen LogP contribution < -0.4 is 0 Å². The number of aromatic carboxylic acids is 1. The molecule has 0 aliphatic heterocycles. The molecule has 1 N–H and O–H groups in total. The Labute approximate surface area is 111 Å². The second kappa shape index (κ2) is 5.06. The highest BCUT2D eigenvalue weighted by atomic mass is 32.2. The zero-order chi connectivity index (χ0) is 14.0. The minimum absolute atomic E-state index is 0.0658. The Morgan fingerprint density at radius 1 is 1.58 bits per heavy atom. The van der Waals surface area contributed by atoms with Gasteiger partial charge < -0.3 is 5.11 Å². The van der Waals surface area contributed by atoms with Gasteiger partial charge in [-0.05, 0) is 23.9 Å². The predicted molar refractivity (Wildman–Crippen MR) is 65.2 cm³/mol. The van der Waals surface area contributed by atoms with E-state index in [4.69, 9.17) is 5.11 Å². The van der Waals surface area contributed by atoms with Crippen molar-refractivity contribution in [3.63, 3.8) is 0 Å². The lowest BCUT2D eigenvalue weighted by molar-refractivity contribution is -0.387. The highest BCUT2D eigenvalue weighted by molar-refractivity contribution is 7.99. The van der Waals surface area contributed by atoms with Gasteiger partial charge in [-0.25, -0.2) is 9.78 Å². The lowest BCUT2D eigenvalue weighted by Crippen LogP contribution is -1.97. The molecule has 0 saturated heterocycles. The number of rotatable bonds is 4. The molecule has 0 aromatic carbocycles. The SMILES string of the molecule is Cn1cc([N+](=O)[O-])c(Sc2cc(C(=O)O)ccn2)n1. The van der Waals surface area contributed by atoms with E-state index in [0.29, 0.717) is 5.03 Å². The van der Waals surface area contributed by atoms with Gasteiger partial charge in [-0.15, -0.1) is 0 Å². The van der Waals surface area contributed by atoms with E-state index in [1.807, 2.05) is 0 Å². The van der Waals surface area contributed by atoms with E-state index >= 15 is 0 Å². The quantitative estimate of drug-likeness (QED) is 0.668. The van der Waals surface area contributed by atoms with Crippen molar-refractivity contribution in [1.29, 1.82) is 0 Å². The number of hydrogen-bond acceptors (Lipinski definition) is 6. The van der Waals surface area contributed by atoms with Crippen LogP contribution in [0.4, 0.5) is 5.69 Å². The topological polar surface area (TPSA) is 111 Å². The molecule has 2 rings (SSSR count). The average Bonchev–Trinajstić information content (AvgIpc) is 2.70. The molecular formula is C10H8N4O4S. The van der Waals surface area contributed by atoms with Crippen molar-refractivity contribution in [2.45, 2.75) is 10.1 Å². The Bertz CT molecular complexity index is 655. The summed E-state index contributed by atoms with van der Waals surface area (Å²) >= 11 is 0.947. The molecule has 0 saturated carbocycles. The van der Waals surface area contributed by atoms with Gasteiger partial charge in [0.1, 0.15) is 11.2 Å². The first-order valence-electron chi connectivity index (χ1n) is 5.02. The van der Waals surface area contributed by atoms with Crippen LogP contribution in [0, 0.1) is 10.1 Å². The van der Waals surface area contributed by atoms with Crippen LogP contribution in [0.5, 0.6) is 0 Å². The molecule has 0 atom stereocenters. The third-order valence-corrected chi connectivity index (χ3v) is 3.07. The Balaban J connectivity index is 2.33. The number of pyridine rings is 1. The molecule has 2 aromatic rings. The number of carbonyl (C=O) groups is 1. The van der Waals surface area contributed by atoms with Crippen molar-refractivity contribution >= 4 is 23.4 Å². The summed E-state index contributed by atoms with van der Waals surface area (Å²) in [4.78, 5) is 25.1. The van der Waals surface area contributed by atoms with Gasteiger partial charge in [0.2, 0.25) is 5.03 Å². The minimum Gasteiger partial charge on any atom is -0.478 e. The third kappa shape index (κ3) is 2.88. The number of carboxylic acids is 1. The van der Waals surface area contributed by atoms with E-state index in [2.05, 4.69) is 10.1 Å².